The maximum absolute atomic E-state index is 13.7. The fourth-order valence-corrected chi connectivity index (χ4v) is 4.29. The Bertz CT molecular complexity index is 1140. The molecule has 0 unspecified atom stereocenters. The summed E-state index contributed by atoms with van der Waals surface area (Å²) >= 11 is 6.47. The smallest absolute Gasteiger partial charge is 0.243 e. The summed E-state index contributed by atoms with van der Waals surface area (Å²) in [7, 11) is 1.62. The van der Waals surface area contributed by atoms with Gasteiger partial charge in [-0.25, -0.2) is 0 Å². The lowest BCUT2D eigenvalue weighted by Gasteiger charge is -2.32. The van der Waals surface area contributed by atoms with Gasteiger partial charge in [-0.1, -0.05) is 73.5 Å². The number of carbonyl (C=O) groups excluding carboxylic acids is 2. The van der Waals surface area contributed by atoms with Gasteiger partial charge in [0.15, 0.2) is 0 Å². The average Bonchev–Trinajstić information content (AvgIpc) is 2.94. The SMILES string of the molecule is CCCCNC(=O)[C@@H](Cc1ccccc1)N(Cc1ccccc1Cl)C(=O)CCCOc1ccc(OC)cc1. The van der Waals surface area contributed by atoms with Gasteiger partial charge in [0.2, 0.25) is 11.8 Å². The van der Waals surface area contributed by atoms with Crippen LogP contribution in [0, 0.1) is 0 Å². The first kappa shape index (κ1) is 29.1. The third-order valence-electron chi connectivity index (χ3n) is 6.26. The summed E-state index contributed by atoms with van der Waals surface area (Å²) in [6.45, 7) is 3.28. The Balaban J connectivity index is 1.76. The van der Waals surface area contributed by atoms with Gasteiger partial charge in [0.05, 0.1) is 13.7 Å². The number of carbonyl (C=O) groups is 2. The number of ether oxygens (including phenoxy) is 2. The van der Waals surface area contributed by atoms with Crippen LogP contribution in [0.5, 0.6) is 11.5 Å². The molecule has 38 heavy (non-hydrogen) atoms. The van der Waals surface area contributed by atoms with Crippen LogP contribution in [0.4, 0.5) is 0 Å². The Morgan fingerprint density at radius 1 is 0.921 bits per heavy atom. The van der Waals surface area contributed by atoms with Crippen molar-refractivity contribution in [1.29, 1.82) is 0 Å². The van der Waals surface area contributed by atoms with E-state index in [-0.39, 0.29) is 24.8 Å². The molecule has 3 aromatic rings. The van der Waals surface area contributed by atoms with Crippen molar-refractivity contribution in [2.45, 2.75) is 51.6 Å². The van der Waals surface area contributed by atoms with Gasteiger partial charge in [0.25, 0.3) is 0 Å². The second-order valence-corrected chi connectivity index (χ2v) is 9.50. The summed E-state index contributed by atoms with van der Waals surface area (Å²) in [5, 5.41) is 3.60. The number of methoxy groups -OCH3 is 1. The molecule has 0 spiro atoms. The highest BCUT2D eigenvalue weighted by molar-refractivity contribution is 6.31. The normalized spacial score (nSPS) is 11.4. The first-order valence-electron chi connectivity index (χ1n) is 13.1. The molecule has 0 saturated heterocycles. The largest absolute Gasteiger partial charge is 0.497 e. The van der Waals surface area contributed by atoms with Crippen LogP contribution in [0.3, 0.4) is 0 Å². The molecule has 1 N–H and O–H groups in total. The molecule has 0 bridgehead atoms. The van der Waals surface area contributed by atoms with E-state index < -0.39 is 6.04 Å². The summed E-state index contributed by atoms with van der Waals surface area (Å²) < 4.78 is 11.0. The van der Waals surface area contributed by atoms with Crippen molar-refractivity contribution in [2.75, 3.05) is 20.3 Å². The van der Waals surface area contributed by atoms with Gasteiger partial charge < -0.3 is 19.7 Å². The fraction of sp³-hybridized carbons (Fsp3) is 0.355. The van der Waals surface area contributed by atoms with E-state index in [1.54, 1.807) is 18.1 Å². The van der Waals surface area contributed by atoms with E-state index in [0.717, 1.165) is 29.7 Å². The van der Waals surface area contributed by atoms with Crippen molar-refractivity contribution in [2.24, 2.45) is 0 Å². The molecular weight excluding hydrogens is 500 g/mol. The lowest BCUT2D eigenvalue weighted by molar-refractivity contribution is -0.141. The predicted molar refractivity (Wildman–Crippen MR) is 152 cm³/mol. The molecule has 0 fully saturated rings. The lowest BCUT2D eigenvalue weighted by atomic mass is 10.0. The minimum absolute atomic E-state index is 0.116. The number of hydrogen-bond donors (Lipinski definition) is 1. The van der Waals surface area contributed by atoms with E-state index in [1.165, 1.54) is 0 Å². The maximum Gasteiger partial charge on any atom is 0.243 e. The maximum atomic E-state index is 13.7. The third-order valence-corrected chi connectivity index (χ3v) is 6.63. The highest BCUT2D eigenvalue weighted by Gasteiger charge is 2.30. The van der Waals surface area contributed by atoms with E-state index in [9.17, 15) is 9.59 Å². The second kappa shape index (κ2) is 15.7. The van der Waals surface area contributed by atoms with Crippen molar-refractivity contribution in [3.05, 3.63) is 95.0 Å². The van der Waals surface area contributed by atoms with E-state index in [2.05, 4.69) is 12.2 Å². The number of unbranched alkanes of at least 4 members (excludes halogenated alkanes) is 1. The van der Waals surface area contributed by atoms with Crippen LogP contribution in [-0.4, -0.2) is 43.0 Å². The quantitative estimate of drug-likeness (QED) is 0.240. The predicted octanol–water partition coefficient (Wildman–Crippen LogP) is 6.06. The summed E-state index contributed by atoms with van der Waals surface area (Å²) in [5.74, 6) is 1.19. The van der Waals surface area contributed by atoms with Crippen LogP contribution in [-0.2, 0) is 22.6 Å². The zero-order valence-electron chi connectivity index (χ0n) is 22.2. The Morgan fingerprint density at radius 2 is 1.61 bits per heavy atom. The molecule has 0 aliphatic carbocycles. The van der Waals surface area contributed by atoms with Crippen molar-refractivity contribution >= 4 is 23.4 Å². The molecule has 2 amide bonds. The zero-order chi connectivity index (χ0) is 27.2. The number of amides is 2. The Hall–Kier alpha value is -3.51. The first-order valence-corrected chi connectivity index (χ1v) is 13.5. The molecule has 0 heterocycles. The summed E-state index contributed by atoms with van der Waals surface area (Å²) in [5.41, 5.74) is 1.79. The summed E-state index contributed by atoms with van der Waals surface area (Å²) in [6, 6.07) is 23.9. The van der Waals surface area contributed by atoms with Gasteiger partial charge in [0, 0.05) is 31.0 Å². The van der Waals surface area contributed by atoms with Gasteiger partial charge in [0.1, 0.15) is 17.5 Å². The van der Waals surface area contributed by atoms with Crippen LogP contribution in [0.25, 0.3) is 0 Å². The van der Waals surface area contributed by atoms with Crippen LogP contribution in [0.1, 0.15) is 43.7 Å². The number of nitrogens with one attached hydrogen (secondary N) is 1. The third kappa shape index (κ3) is 9.10. The average molecular weight is 537 g/mol. The van der Waals surface area contributed by atoms with E-state index >= 15 is 0 Å². The summed E-state index contributed by atoms with van der Waals surface area (Å²) in [6.07, 6.45) is 3.02. The highest BCUT2D eigenvalue weighted by Crippen LogP contribution is 2.22. The van der Waals surface area contributed by atoms with Crippen LogP contribution in [0.15, 0.2) is 78.9 Å². The van der Waals surface area contributed by atoms with E-state index in [1.807, 2.05) is 72.8 Å². The molecule has 1 atom stereocenters. The molecular formula is C31H37ClN2O4. The number of hydrogen-bond acceptors (Lipinski definition) is 4. The number of nitrogens with zero attached hydrogens (tertiary/aromatic N) is 1. The number of halogens is 1. The van der Waals surface area contributed by atoms with Gasteiger partial charge in [-0.2, -0.15) is 0 Å². The van der Waals surface area contributed by atoms with Crippen molar-refractivity contribution in [1.82, 2.24) is 10.2 Å². The number of benzene rings is 3. The Labute approximate surface area is 230 Å². The van der Waals surface area contributed by atoms with Crippen LogP contribution in [0.2, 0.25) is 5.02 Å². The second-order valence-electron chi connectivity index (χ2n) is 9.09. The molecule has 0 aliphatic rings. The van der Waals surface area contributed by atoms with E-state index in [0.29, 0.717) is 36.8 Å². The highest BCUT2D eigenvalue weighted by atomic mass is 35.5. The minimum atomic E-state index is -0.666. The lowest BCUT2D eigenvalue weighted by Crippen LogP contribution is -2.50. The molecule has 0 aliphatic heterocycles. The van der Waals surface area contributed by atoms with Crippen molar-refractivity contribution in [3.63, 3.8) is 0 Å². The molecule has 3 rings (SSSR count). The molecule has 0 aromatic heterocycles. The number of rotatable bonds is 15. The van der Waals surface area contributed by atoms with Gasteiger partial charge >= 0.3 is 0 Å². The topological polar surface area (TPSA) is 67.9 Å². The molecule has 3 aromatic carbocycles. The summed E-state index contributed by atoms with van der Waals surface area (Å²) in [4.78, 5) is 28.8. The van der Waals surface area contributed by atoms with Crippen molar-refractivity contribution < 1.29 is 19.1 Å². The van der Waals surface area contributed by atoms with Gasteiger partial charge in [-0.3, -0.25) is 9.59 Å². The van der Waals surface area contributed by atoms with Crippen LogP contribution < -0.4 is 14.8 Å². The zero-order valence-corrected chi connectivity index (χ0v) is 23.0. The first-order chi connectivity index (χ1) is 18.5. The Morgan fingerprint density at radius 3 is 2.29 bits per heavy atom. The Kier molecular flexibility index (Phi) is 12.0. The van der Waals surface area contributed by atoms with Gasteiger partial charge in [-0.05, 0) is 54.3 Å². The van der Waals surface area contributed by atoms with E-state index in [4.69, 9.17) is 21.1 Å². The standard InChI is InChI=1S/C31H37ClN2O4/c1-3-4-20-33-31(36)29(22-24-11-6-5-7-12-24)34(23-25-13-8-9-14-28(25)32)30(35)15-10-21-38-27-18-16-26(37-2)17-19-27/h5-9,11-14,16-19,29H,3-4,10,15,20-23H2,1-2H3,(H,33,36)/t29-/m1/s1. The minimum Gasteiger partial charge on any atom is -0.497 e. The molecule has 202 valence electrons. The fourth-order valence-electron chi connectivity index (χ4n) is 4.10. The van der Waals surface area contributed by atoms with Gasteiger partial charge in [-0.15, -0.1) is 0 Å². The van der Waals surface area contributed by atoms with Crippen LogP contribution >= 0.6 is 11.6 Å². The molecule has 0 radical (unpaired) electrons. The monoisotopic (exact) mass is 536 g/mol. The molecule has 0 saturated carbocycles. The molecule has 7 heteroatoms. The molecule has 6 nitrogen and oxygen atoms in total. The van der Waals surface area contributed by atoms with Crippen molar-refractivity contribution in [3.8, 4) is 11.5 Å².